The number of hydrogen-bond acceptors (Lipinski definition) is 3. The summed E-state index contributed by atoms with van der Waals surface area (Å²) >= 11 is 11.8. The van der Waals surface area contributed by atoms with Gasteiger partial charge in [0.2, 0.25) is 0 Å². The molecular weight excluding hydrogens is 297 g/mol. The Hall–Kier alpha value is -1.42. The molecule has 0 spiro atoms. The lowest BCUT2D eigenvalue weighted by molar-refractivity contribution is 0.217. The van der Waals surface area contributed by atoms with E-state index in [9.17, 15) is 0 Å². The van der Waals surface area contributed by atoms with Crippen LogP contribution in [0, 0.1) is 0 Å². The summed E-state index contributed by atoms with van der Waals surface area (Å²) in [5.74, 6) is 1.42. The summed E-state index contributed by atoms with van der Waals surface area (Å²) in [6.07, 6.45) is 0. The van der Waals surface area contributed by atoms with Gasteiger partial charge in [0.15, 0.2) is 0 Å². The molecule has 2 N–H and O–H groups in total. The highest BCUT2D eigenvalue weighted by Gasteiger charge is 2.00. The number of hydrogen-bond donors (Lipinski definition) is 1. The van der Waals surface area contributed by atoms with E-state index in [4.69, 9.17) is 38.4 Å². The van der Waals surface area contributed by atoms with Crippen molar-refractivity contribution in [3.05, 3.63) is 58.1 Å². The second-order valence-corrected chi connectivity index (χ2v) is 5.02. The van der Waals surface area contributed by atoms with E-state index in [0.717, 1.165) is 11.3 Å². The highest BCUT2D eigenvalue weighted by molar-refractivity contribution is 6.34. The Morgan fingerprint density at radius 2 is 1.35 bits per heavy atom. The van der Waals surface area contributed by atoms with E-state index < -0.39 is 0 Å². The van der Waals surface area contributed by atoms with Gasteiger partial charge in [0.05, 0.1) is 0 Å². The lowest BCUT2D eigenvalue weighted by Gasteiger charge is -2.09. The summed E-state index contributed by atoms with van der Waals surface area (Å²) in [6, 6.07) is 12.7. The fourth-order valence-electron chi connectivity index (χ4n) is 1.65. The third kappa shape index (κ3) is 4.60. The molecule has 0 fully saturated rings. The smallest absolute Gasteiger partial charge is 0.122 e. The first-order valence-electron chi connectivity index (χ1n) is 6.18. The SMILES string of the molecule is NCc1ccc(OCCOc2cc(Cl)cc(Cl)c2)cc1. The zero-order valence-electron chi connectivity index (χ0n) is 10.8. The first-order chi connectivity index (χ1) is 9.67. The molecular formula is C15H15Cl2NO2. The van der Waals surface area contributed by atoms with Crippen LogP contribution in [0.3, 0.4) is 0 Å². The quantitative estimate of drug-likeness (QED) is 0.823. The molecule has 20 heavy (non-hydrogen) atoms. The van der Waals surface area contributed by atoms with E-state index >= 15 is 0 Å². The largest absolute Gasteiger partial charge is 0.490 e. The monoisotopic (exact) mass is 311 g/mol. The van der Waals surface area contributed by atoms with Crippen molar-refractivity contribution in [3.8, 4) is 11.5 Å². The molecule has 2 aromatic rings. The van der Waals surface area contributed by atoms with Crippen LogP contribution < -0.4 is 15.2 Å². The summed E-state index contributed by atoms with van der Waals surface area (Å²) in [5, 5.41) is 1.09. The van der Waals surface area contributed by atoms with E-state index in [0.29, 0.717) is 35.6 Å². The van der Waals surface area contributed by atoms with Crippen LogP contribution in [0.2, 0.25) is 10.0 Å². The van der Waals surface area contributed by atoms with E-state index in [1.807, 2.05) is 24.3 Å². The van der Waals surface area contributed by atoms with Crippen LogP contribution in [-0.4, -0.2) is 13.2 Å². The van der Waals surface area contributed by atoms with Gasteiger partial charge in [0, 0.05) is 16.6 Å². The van der Waals surface area contributed by atoms with Gasteiger partial charge in [-0.2, -0.15) is 0 Å². The second-order valence-electron chi connectivity index (χ2n) is 4.15. The molecule has 0 aliphatic heterocycles. The lowest BCUT2D eigenvalue weighted by atomic mass is 10.2. The van der Waals surface area contributed by atoms with Crippen molar-refractivity contribution >= 4 is 23.2 Å². The normalized spacial score (nSPS) is 10.3. The molecule has 2 rings (SSSR count). The third-order valence-corrected chi connectivity index (χ3v) is 3.05. The molecule has 0 saturated heterocycles. The van der Waals surface area contributed by atoms with Gasteiger partial charge >= 0.3 is 0 Å². The predicted octanol–water partition coefficient (Wildman–Crippen LogP) is 3.91. The van der Waals surface area contributed by atoms with Crippen LogP contribution in [0.5, 0.6) is 11.5 Å². The Kier molecular flexibility index (Phi) is 5.53. The van der Waals surface area contributed by atoms with Crippen molar-refractivity contribution in [3.63, 3.8) is 0 Å². The Morgan fingerprint density at radius 1 is 0.800 bits per heavy atom. The van der Waals surface area contributed by atoms with Gasteiger partial charge in [-0.3, -0.25) is 0 Å². The van der Waals surface area contributed by atoms with Gasteiger partial charge in [0.25, 0.3) is 0 Å². The van der Waals surface area contributed by atoms with Crippen molar-refractivity contribution < 1.29 is 9.47 Å². The van der Waals surface area contributed by atoms with Gasteiger partial charge in [-0.05, 0) is 35.9 Å². The van der Waals surface area contributed by atoms with E-state index in [1.165, 1.54) is 0 Å². The van der Waals surface area contributed by atoms with Crippen molar-refractivity contribution in [2.45, 2.75) is 6.54 Å². The Labute approximate surface area is 128 Å². The van der Waals surface area contributed by atoms with Gasteiger partial charge < -0.3 is 15.2 Å². The fraction of sp³-hybridized carbons (Fsp3) is 0.200. The molecule has 2 aromatic carbocycles. The minimum atomic E-state index is 0.412. The zero-order valence-corrected chi connectivity index (χ0v) is 12.3. The Bertz CT molecular complexity index is 538. The second kappa shape index (κ2) is 7.39. The molecule has 0 aliphatic rings. The van der Waals surface area contributed by atoms with E-state index in [1.54, 1.807) is 18.2 Å². The van der Waals surface area contributed by atoms with Crippen LogP contribution in [0.25, 0.3) is 0 Å². The van der Waals surface area contributed by atoms with Crippen molar-refractivity contribution in [2.75, 3.05) is 13.2 Å². The van der Waals surface area contributed by atoms with Gasteiger partial charge in [-0.25, -0.2) is 0 Å². The summed E-state index contributed by atoms with van der Waals surface area (Å²) in [5.41, 5.74) is 6.60. The van der Waals surface area contributed by atoms with Gasteiger partial charge in [-0.15, -0.1) is 0 Å². The van der Waals surface area contributed by atoms with Crippen LogP contribution in [0.15, 0.2) is 42.5 Å². The van der Waals surface area contributed by atoms with Crippen LogP contribution in [-0.2, 0) is 6.54 Å². The molecule has 0 aromatic heterocycles. The van der Waals surface area contributed by atoms with Crippen molar-refractivity contribution in [1.82, 2.24) is 0 Å². The molecule has 0 atom stereocenters. The van der Waals surface area contributed by atoms with E-state index in [-0.39, 0.29) is 0 Å². The maximum atomic E-state index is 5.88. The Balaban J connectivity index is 1.78. The standard InChI is InChI=1S/C15H15Cl2NO2/c16-12-7-13(17)9-15(8-12)20-6-5-19-14-3-1-11(10-18)2-4-14/h1-4,7-9H,5-6,10,18H2. The highest BCUT2D eigenvalue weighted by Crippen LogP contribution is 2.24. The molecule has 106 valence electrons. The maximum absolute atomic E-state index is 5.88. The van der Waals surface area contributed by atoms with Crippen molar-refractivity contribution in [2.24, 2.45) is 5.73 Å². The van der Waals surface area contributed by atoms with Crippen LogP contribution in [0.4, 0.5) is 0 Å². The predicted molar refractivity (Wildman–Crippen MR) is 81.8 cm³/mol. The van der Waals surface area contributed by atoms with Gasteiger partial charge in [-0.1, -0.05) is 35.3 Å². The molecule has 5 heteroatoms. The minimum absolute atomic E-state index is 0.412. The first kappa shape index (κ1) is 15.0. The summed E-state index contributed by atoms with van der Waals surface area (Å²) < 4.78 is 11.1. The molecule has 0 aliphatic carbocycles. The molecule has 0 amide bonds. The van der Waals surface area contributed by atoms with Gasteiger partial charge in [0.1, 0.15) is 24.7 Å². The lowest BCUT2D eigenvalue weighted by Crippen LogP contribution is -2.09. The molecule has 0 saturated carbocycles. The fourth-order valence-corrected chi connectivity index (χ4v) is 2.16. The maximum Gasteiger partial charge on any atom is 0.122 e. The number of halogens is 2. The number of ether oxygens (including phenoxy) is 2. The Morgan fingerprint density at radius 3 is 1.90 bits per heavy atom. The number of rotatable bonds is 6. The van der Waals surface area contributed by atoms with Crippen LogP contribution in [0.1, 0.15) is 5.56 Å². The molecule has 0 radical (unpaired) electrons. The summed E-state index contributed by atoms with van der Waals surface area (Å²) in [6.45, 7) is 1.38. The van der Waals surface area contributed by atoms with E-state index in [2.05, 4.69) is 0 Å². The molecule has 0 unspecified atom stereocenters. The summed E-state index contributed by atoms with van der Waals surface area (Å²) in [4.78, 5) is 0. The highest BCUT2D eigenvalue weighted by atomic mass is 35.5. The number of nitrogens with two attached hydrogens (primary N) is 1. The third-order valence-electron chi connectivity index (χ3n) is 2.62. The zero-order chi connectivity index (χ0) is 14.4. The molecule has 3 nitrogen and oxygen atoms in total. The first-order valence-corrected chi connectivity index (χ1v) is 6.93. The number of benzene rings is 2. The molecule has 0 bridgehead atoms. The topological polar surface area (TPSA) is 44.5 Å². The summed E-state index contributed by atoms with van der Waals surface area (Å²) in [7, 11) is 0. The minimum Gasteiger partial charge on any atom is -0.490 e. The van der Waals surface area contributed by atoms with Crippen molar-refractivity contribution in [1.29, 1.82) is 0 Å². The molecule has 0 heterocycles. The average molecular weight is 312 g/mol. The van der Waals surface area contributed by atoms with Crippen LogP contribution >= 0.6 is 23.2 Å². The average Bonchev–Trinajstić information content (AvgIpc) is 2.43.